The lowest BCUT2D eigenvalue weighted by Gasteiger charge is -2.22. The molecule has 1 saturated heterocycles. The van der Waals surface area contributed by atoms with E-state index in [0.29, 0.717) is 29.1 Å². The molecule has 1 aliphatic heterocycles. The molecule has 0 radical (unpaired) electrons. The van der Waals surface area contributed by atoms with Gasteiger partial charge in [0.05, 0.1) is 29.3 Å². The van der Waals surface area contributed by atoms with Crippen molar-refractivity contribution in [3.8, 4) is 0 Å². The molecule has 1 unspecified atom stereocenters. The van der Waals surface area contributed by atoms with Gasteiger partial charge in [0.2, 0.25) is 5.76 Å². The number of carbonyl (C=O) groups is 1. The van der Waals surface area contributed by atoms with Gasteiger partial charge in [-0.05, 0) is 32.6 Å². The predicted octanol–water partition coefficient (Wildman–Crippen LogP) is 2.66. The molecule has 0 spiro atoms. The van der Waals surface area contributed by atoms with Crippen LogP contribution in [-0.4, -0.2) is 71.0 Å². The molecule has 0 bridgehead atoms. The number of rotatable bonds is 6. The maximum absolute atomic E-state index is 14.4. The van der Waals surface area contributed by atoms with Crippen LogP contribution in [0.15, 0.2) is 22.7 Å². The second-order valence-corrected chi connectivity index (χ2v) is 8.72. The van der Waals surface area contributed by atoms with Crippen molar-refractivity contribution in [1.82, 2.24) is 30.2 Å². The minimum absolute atomic E-state index is 0.106. The number of aromatic amines is 1. The van der Waals surface area contributed by atoms with Crippen LogP contribution in [0.4, 0.5) is 15.9 Å². The van der Waals surface area contributed by atoms with Crippen LogP contribution in [0.25, 0.3) is 21.9 Å². The molecule has 5 rings (SSSR count). The van der Waals surface area contributed by atoms with E-state index in [1.807, 2.05) is 0 Å². The van der Waals surface area contributed by atoms with E-state index < -0.39 is 5.91 Å². The zero-order valence-electron chi connectivity index (χ0n) is 19.6. The lowest BCUT2D eigenvalue weighted by molar-refractivity contribution is 0.0921. The third-order valence-electron chi connectivity index (χ3n) is 6.27. The summed E-state index contributed by atoms with van der Waals surface area (Å²) in [7, 11) is 5.88. The number of nitrogens with zero attached hydrogens (tertiary/aromatic N) is 5. The molecule has 4 heterocycles. The molecular formula is C23H27FN8O2. The van der Waals surface area contributed by atoms with Crippen molar-refractivity contribution in [3.63, 3.8) is 0 Å². The number of nitrogens with one attached hydrogen (secondary N) is 3. The fraction of sp³-hybridized carbons (Fsp3) is 0.391. The van der Waals surface area contributed by atoms with Gasteiger partial charge >= 0.3 is 0 Å². The van der Waals surface area contributed by atoms with E-state index in [0.717, 1.165) is 41.6 Å². The summed E-state index contributed by atoms with van der Waals surface area (Å²) in [5.41, 5.74) is 1.99. The average molecular weight is 467 g/mol. The Morgan fingerprint density at radius 3 is 2.85 bits per heavy atom. The van der Waals surface area contributed by atoms with Crippen molar-refractivity contribution < 1.29 is 13.6 Å². The lowest BCUT2D eigenvalue weighted by Crippen LogP contribution is -2.32. The van der Waals surface area contributed by atoms with Crippen LogP contribution >= 0.6 is 0 Å². The highest BCUT2D eigenvalue weighted by Gasteiger charge is 2.28. The summed E-state index contributed by atoms with van der Waals surface area (Å²) >= 11 is 0. The molecule has 1 amide bonds. The van der Waals surface area contributed by atoms with Gasteiger partial charge < -0.3 is 29.8 Å². The molecule has 34 heavy (non-hydrogen) atoms. The Morgan fingerprint density at radius 2 is 2.18 bits per heavy atom. The third kappa shape index (κ3) is 3.92. The number of hydrogen-bond donors (Lipinski definition) is 3. The van der Waals surface area contributed by atoms with Crippen LogP contribution in [0, 0.1) is 12.7 Å². The van der Waals surface area contributed by atoms with E-state index in [4.69, 9.17) is 9.40 Å². The molecule has 1 aromatic carbocycles. The van der Waals surface area contributed by atoms with Crippen LogP contribution in [0.3, 0.4) is 0 Å². The van der Waals surface area contributed by atoms with Gasteiger partial charge in [-0.1, -0.05) is 0 Å². The van der Waals surface area contributed by atoms with Gasteiger partial charge in [-0.3, -0.25) is 4.79 Å². The first kappa shape index (κ1) is 22.1. The van der Waals surface area contributed by atoms with E-state index >= 15 is 0 Å². The van der Waals surface area contributed by atoms with Gasteiger partial charge in [0.1, 0.15) is 17.3 Å². The van der Waals surface area contributed by atoms with Crippen LogP contribution in [-0.2, 0) is 6.54 Å². The molecule has 178 valence electrons. The Kier molecular flexibility index (Phi) is 5.56. The first-order chi connectivity index (χ1) is 16.3. The van der Waals surface area contributed by atoms with Crippen LogP contribution in [0.1, 0.15) is 28.7 Å². The highest BCUT2D eigenvalue weighted by molar-refractivity contribution is 6.14. The number of carbonyl (C=O) groups excluding carboxylic acids is 1. The molecule has 4 aromatic rings. The number of halogens is 1. The minimum Gasteiger partial charge on any atom is -0.436 e. The number of anilines is 2. The van der Waals surface area contributed by atoms with Crippen molar-refractivity contribution in [2.75, 3.05) is 44.4 Å². The van der Waals surface area contributed by atoms with E-state index in [-0.39, 0.29) is 18.1 Å². The van der Waals surface area contributed by atoms with Crippen molar-refractivity contribution in [2.24, 2.45) is 0 Å². The predicted molar refractivity (Wildman–Crippen MR) is 128 cm³/mol. The Morgan fingerprint density at radius 1 is 1.35 bits per heavy atom. The van der Waals surface area contributed by atoms with Crippen molar-refractivity contribution in [3.05, 3.63) is 41.6 Å². The van der Waals surface area contributed by atoms with E-state index in [1.165, 1.54) is 18.3 Å². The molecule has 3 aromatic heterocycles. The summed E-state index contributed by atoms with van der Waals surface area (Å²) in [6.07, 6.45) is 2.38. The normalized spacial score (nSPS) is 16.2. The van der Waals surface area contributed by atoms with Crippen molar-refractivity contribution >= 4 is 39.3 Å². The van der Waals surface area contributed by atoms with Crippen molar-refractivity contribution in [1.29, 1.82) is 0 Å². The first-order valence-electron chi connectivity index (χ1n) is 11.2. The second-order valence-electron chi connectivity index (χ2n) is 8.72. The van der Waals surface area contributed by atoms with Crippen LogP contribution in [0.5, 0.6) is 0 Å². The SMILES string of the molecule is CNc1cc(F)cc2c1[nH]c1nc(CNC(=O)c3cnc(C)o3)nc(N3CCC(N(C)C)C3)c12. The molecule has 0 saturated carbocycles. The molecule has 1 atom stereocenters. The summed E-state index contributed by atoms with van der Waals surface area (Å²) in [6, 6.07) is 3.34. The molecule has 1 fully saturated rings. The quantitative estimate of drug-likeness (QED) is 0.397. The second kappa shape index (κ2) is 8.56. The molecule has 1 aliphatic rings. The summed E-state index contributed by atoms with van der Waals surface area (Å²) in [5, 5.41) is 7.33. The van der Waals surface area contributed by atoms with Crippen LogP contribution < -0.4 is 15.5 Å². The summed E-state index contributed by atoms with van der Waals surface area (Å²) in [5.74, 6) is 0.990. The Bertz CT molecular complexity index is 1380. The number of likely N-dealkylation sites (N-methyl/N-ethyl adjacent to an activating group) is 1. The zero-order chi connectivity index (χ0) is 24.0. The smallest absolute Gasteiger partial charge is 0.289 e. The van der Waals surface area contributed by atoms with Gasteiger partial charge in [-0.15, -0.1) is 0 Å². The van der Waals surface area contributed by atoms with Gasteiger partial charge in [0, 0.05) is 38.5 Å². The fourth-order valence-electron chi connectivity index (χ4n) is 4.46. The highest BCUT2D eigenvalue weighted by Crippen LogP contribution is 2.36. The van der Waals surface area contributed by atoms with Crippen LogP contribution in [0.2, 0.25) is 0 Å². The fourth-order valence-corrected chi connectivity index (χ4v) is 4.46. The maximum Gasteiger partial charge on any atom is 0.289 e. The van der Waals surface area contributed by atoms with Gasteiger partial charge in [0.15, 0.2) is 11.7 Å². The van der Waals surface area contributed by atoms with E-state index in [9.17, 15) is 9.18 Å². The topological polar surface area (TPSA) is 115 Å². The largest absolute Gasteiger partial charge is 0.436 e. The molecular weight excluding hydrogens is 439 g/mol. The van der Waals surface area contributed by atoms with E-state index in [2.05, 4.69) is 49.5 Å². The number of H-pyrrole nitrogens is 1. The zero-order valence-corrected chi connectivity index (χ0v) is 19.6. The third-order valence-corrected chi connectivity index (χ3v) is 6.27. The van der Waals surface area contributed by atoms with Gasteiger partial charge in [-0.2, -0.15) is 0 Å². The maximum atomic E-state index is 14.4. The van der Waals surface area contributed by atoms with Gasteiger partial charge in [-0.25, -0.2) is 19.3 Å². The molecule has 11 heteroatoms. The Labute approximate surface area is 195 Å². The monoisotopic (exact) mass is 466 g/mol. The minimum atomic E-state index is -0.393. The number of benzene rings is 1. The first-order valence-corrected chi connectivity index (χ1v) is 11.2. The number of fused-ring (bicyclic) bond motifs is 3. The number of oxazole rings is 1. The average Bonchev–Trinajstić information content (AvgIpc) is 3.54. The number of amides is 1. The standard InChI is InChI=1S/C23H27FN8O2/c1-12-26-9-17(34-12)23(33)27-10-18-28-21-19(15-7-13(24)8-16(25-2)20(15)30-21)22(29-18)32-6-5-14(11-32)31(3)4/h7-9,14,25H,5-6,10-11H2,1-4H3,(H,27,33)(H,28,29,30). The molecule has 0 aliphatic carbocycles. The lowest BCUT2D eigenvalue weighted by atomic mass is 10.1. The summed E-state index contributed by atoms with van der Waals surface area (Å²) in [4.78, 5) is 33.6. The summed E-state index contributed by atoms with van der Waals surface area (Å²) in [6.45, 7) is 3.40. The summed E-state index contributed by atoms with van der Waals surface area (Å²) < 4.78 is 19.7. The number of aryl methyl sites for hydroxylation is 1. The number of hydrogen-bond acceptors (Lipinski definition) is 8. The number of aromatic nitrogens is 4. The van der Waals surface area contributed by atoms with Gasteiger partial charge in [0.25, 0.3) is 5.91 Å². The Hall–Kier alpha value is -3.73. The van der Waals surface area contributed by atoms with E-state index in [1.54, 1.807) is 14.0 Å². The molecule has 3 N–H and O–H groups in total. The molecule has 10 nitrogen and oxygen atoms in total. The van der Waals surface area contributed by atoms with Crippen molar-refractivity contribution in [2.45, 2.75) is 25.9 Å². The Balaban J connectivity index is 1.57. The highest BCUT2D eigenvalue weighted by atomic mass is 19.1.